The number of nitrogens with zero attached hydrogens (tertiary/aromatic N) is 2. The zero-order valence-corrected chi connectivity index (χ0v) is 8.52. The maximum atomic E-state index is 11.2. The highest BCUT2D eigenvalue weighted by molar-refractivity contribution is 5.77. The van der Waals surface area contributed by atoms with Gasteiger partial charge in [-0.15, -0.1) is 0 Å². The quantitative estimate of drug-likeness (QED) is 0.561. The summed E-state index contributed by atoms with van der Waals surface area (Å²) >= 11 is 0. The summed E-state index contributed by atoms with van der Waals surface area (Å²) in [6.45, 7) is 1.76. The van der Waals surface area contributed by atoms with Crippen LogP contribution < -0.4 is 10.6 Å². The summed E-state index contributed by atoms with van der Waals surface area (Å²) in [4.78, 5) is 15.0. The molecular weight excluding hydrogens is 200 g/mol. The van der Waals surface area contributed by atoms with E-state index in [1.54, 1.807) is 7.11 Å². The Bertz CT molecular complexity index is 275. The molecular formula is C8H14N4O3. The van der Waals surface area contributed by atoms with Crippen LogP contribution in [0.5, 0.6) is 0 Å². The minimum Gasteiger partial charge on any atom is -0.383 e. The second-order valence-electron chi connectivity index (χ2n) is 2.79. The topological polar surface area (TPSA) is 89.3 Å². The number of amides is 1. The highest BCUT2D eigenvalue weighted by atomic mass is 16.5. The molecule has 0 aliphatic rings. The van der Waals surface area contributed by atoms with E-state index in [0.717, 1.165) is 0 Å². The normalized spacial score (nSPS) is 10.2. The average Bonchev–Trinajstić information content (AvgIpc) is 2.74. The summed E-state index contributed by atoms with van der Waals surface area (Å²) in [7, 11) is 1.61. The van der Waals surface area contributed by atoms with E-state index in [-0.39, 0.29) is 19.0 Å². The monoisotopic (exact) mass is 214 g/mol. The van der Waals surface area contributed by atoms with Gasteiger partial charge in [-0.05, 0) is 0 Å². The number of carbonyl (C=O) groups excluding carboxylic acids is 1. The molecule has 1 heterocycles. The van der Waals surface area contributed by atoms with E-state index in [1.807, 2.05) is 0 Å². The maximum Gasteiger partial charge on any atom is 0.234 e. The van der Waals surface area contributed by atoms with Crippen molar-refractivity contribution in [1.82, 2.24) is 20.8 Å². The van der Waals surface area contributed by atoms with Gasteiger partial charge >= 0.3 is 0 Å². The van der Waals surface area contributed by atoms with E-state index in [0.29, 0.717) is 19.0 Å². The molecule has 84 valence electrons. The molecule has 7 heteroatoms. The first-order chi connectivity index (χ1) is 7.33. The molecule has 0 saturated heterocycles. The lowest BCUT2D eigenvalue weighted by atomic mass is 10.5. The van der Waals surface area contributed by atoms with E-state index in [2.05, 4.69) is 25.3 Å². The Hall–Kier alpha value is -1.47. The molecule has 0 fully saturated rings. The van der Waals surface area contributed by atoms with Gasteiger partial charge in [0, 0.05) is 13.7 Å². The molecule has 0 spiro atoms. The fraction of sp³-hybridized carbons (Fsp3) is 0.625. The van der Waals surface area contributed by atoms with Gasteiger partial charge in [-0.1, -0.05) is 5.16 Å². The van der Waals surface area contributed by atoms with Crippen molar-refractivity contribution >= 4 is 5.91 Å². The van der Waals surface area contributed by atoms with Crippen LogP contribution in [-0.4, -0.2) is 42.9 Å². The Kier molecular flexibility index (Phi) is 5.34. The molecule has 0 unspecified atom stereocenters. The van der Waals surface area contributed by atoms with Crippen LogP contribution in [0.3, 0.4) is 0 Å². The van der Waals surface area contributed by atoms with Gasteiger partial charge in [0.2, 0.25) is 12.3 Å². The lowest BCUT2D eigenvalue weighted by molar-refractivity contribution is -0.120. The summed E-state index contributed by atoms with van der Waals surface area (Å²) in [6, 6.07) is 0. The molecule has 0 bridgehead atoms. The van der Waals surface area contributed by atoms with Crippen molar-refractivity contribution in [1.29, 1.82) is 0 Å². The lowest BCUT2D eigenvalue weighted by Crippen LogP contribution is -2.35. The molecule has 0 atom stereocenters. The van der Waals surface area contributed by atoms with Gasteiger partial charge in [0.05, 0.1) is 19.7 Å². The van der Waals surface area contributed by atoms with Gasteiger partial charge in [-0.25, -0.2) is 0 Å². The van der Waals surface area contributed by atoms with Crippen LogP contribution in [0.25, 0.3) is 0 Å². The number of hydrogen-bond acceptors (Lipinski definition) is 6. The van der Waals surface area contributed by atoms with E-state index in [9.17, 15) is 4.79 Å². The summed E-state index contributed by atoms with van der Waals surface area (Å²) in [5, 5.41) is 9.11. The largest absolute Gasteiger partial charge is 0.383 e. The van der Waals surface area contributed by atoms with Crippen LogP contribution >= 0.6 is 0 Å². The molecule has 1 amide bonds. The number of ether oxygens (including phenoxy) is 1. The third-order valence-electron chi connectivity index (χ3n) is 1.62. The predicted octanol–water partition coefficient (Wildman–Crippen LogP) is -1.08. The average molecular weight is 214 g/mol. The van der Waals surface area contributed by atoms with E-state index in [4.69, 9.17) is 4.74 Å². The molecule has 1 rings (SSSR count). The number of aromatic nitrogens is 2. The molecule has 1 aromatic rings. The van der Waals surface area contributed by atoms with Crippen LogP contribution in [-0.2, 0) is 16.1 Å². The first-order valence-electron chi connectivity index (χ1n) is 4.54. The Balaban J connectivity index is 2.04. The minimum atomic E-state index is -0.115. The SMILES string of the molecule is COCCNCC(=O)NCc1ncon1. The van der Waals surface area contributed by atoms with Crippen molar-refractivity contribution < 1.29 is 14.1 Å². The molecule has 15 heavy (non-hydrogen) atoms. The zero-order chi connectivity index (χ0) is 10.9. The summed E-state index contributed by atoms with van der Waals surface area (Å²) in [6.07, 6.45) is 1.22. The number of rotatable bonds is 7. The second kappa shape index (κ2) is 6.91. The first-order valence-corrected chi connectivity index (χ1v) is 4.54. The molecule has 0 aliphatic heterocycles. The smallest absolute Gasteiger partial charge is 0.234 e. The first kappa shape index (κ1) is 11.6. The molecule has 0 saturated carbocycles. The standard InChI is InChI=1S/C8H14N4O3/c1-14-3-2-9-5-8(13)10-4-7-11-6-15-12-7/h6,9H,2-5H2,1H3,(H,10,13). The van der Waals surface area contributed by atoms with Crippen LogP contribution in [0.4, 0.5) is 0 Å². The van der Waals surface area contributed by atoms with Gasteiger partial charge < -0.3 is 19.9 Å². The van der Waals surface area contributed by atoms with E-state index in [1.165, 1.54) is 6.39 Å². The van der Waals surface area contributed by atoms with Gasteiger partial charge in [0.15, 0.2) is 5.82 Å². The zero-order valence-electron chi connectivity index (χ0n) is 8.52. The van der Waals surface area contributed by atoms with Crippen LogP contribution in [0.2, 0.25) is 0 Å². The van der Waals surface area contributed by atoms with Gasteiger partial charge in [-0.3, -0.25) is 4.79 Å². The van der Waals surface area contributed by atoms with E-state index < -0.39 is 0 Å². The highest BCUT2D eigenvalue weighted by Gasteiger charge is 2.02. The molecule has 0 aromatic carbocycles. The number of methoxy groups -OCH3 is 1. The van der Waals surface area contributed by atoms with Gasteiger partial charge in [0.25, 0.3) is 0 Å². The Morgan fingerprint density at radius 2 is 2.53 bits per heavy atom. The predicted molar refractivity (Wildman–Crippen MR) is 50.9 cm³/mol. The maximum absolute atomic E-state index is 11.2. The molecule has 7 nitrogen and oxygen atoms in total. The fourth-order valence-electron chi connectivity index (χ4n) is 0.887. The van der Waals surface area contributed by atoms with Gasteiger partial charge in [-0.2, -0.15) is 4.98 Å². The van der Waals surface area contributed by atoms with Crippen molar-refractivity contribution in [2.75, 3.05) is 26.8 Å². The Morgan fingerprint density at radius 3 is 3.20 bits per heavy atom. The van der Waals surface area contributed by atoms with Crippen molar-refractivity contribution in [2.45, 2.75) is 6.54 Å². The van der Waals surface area contributed by atoms with Gasteiger partial charge in [0.1, 0.15) is 0 Å². The minimum absolute atomic E-state index is 0.115. The lowest BCUT2D eigenvalue weighted by Gasteiger charge is -2.03. The number of hydrogen-bond donors (Lipinski definition) is 2. The number of nitrogens with one attached hydrogen (secondary N) is 2. The number of carbonyl (C=O) groups is 1. The second-order valence-corrected chi connectivity index (χ2v) is 2.79. The summed E-state index contributed by atoms with van der Waals surface area (Å²) < 4.78 is 9.33. The fourth-order valence-corrected chi connectivity index (χ4v) is 0.887. The summed E-state index contributed by atoms with van der Waals surface area (Å²) in [5.74, 6) is 0.344. The van der Waals surface area contributed by atoms with Crippen molar-refractivity contribution in [3.8, 4) is 0 Å². The van der Waals surface area contributed by atoms with Crippen molar-refractivity contribution in [3.63, 3.8) is 0 Å². The molecule has 0 aliphatic carbocycles. The third-order valence-corrected chi connectivity index (χ3v) is 1.62. The van der Waals surface area contributed by atoms with Crippen LogP contribution in [0.15, 0.2) is 10.9 Å². The van der Waals surface area contributed by atoms with Crippen molar-refractivity contribution in [2.24, 2.45) is 0 Å². The Labute approximate surface area is 87.2 Å². The van der Waals surface area contributed by atoms with Crippen LogP contribution in [0.1, 0.15) is 5.82 Å². The third kappa shape index (κ3) is 5.08. The molecule has 2 N–H and O–H groups in total. The summed E-state index contributed by atoms with van der Waals surface area (Å²) in [5.41, 5.74) is 0. The molecule has 1 aromatic heterocycles. The molecule has 0 radical (unpaired) electrons. The van der Waals surface area contributed by atoms with Crippen molar-refractivity contribution in [3.05, 3.63) is 12.2 Å². The van der Waals surface area contributed by atoms with E-state index >= 15 is 0 Å². The Morgan fingerprint density at radius 1 is 1.67 bits per heavy atom. The van der Waals surface area contributed by atoms with Crippen LogP contribution in [0, 0.1) is 0 Å². The highest BCUT2D eigenvalue weighted by Crippen LogP contribution is 1.85.